The van der Waals surface area contributed by atoms with E-state index in [1.165, 1.54) is 167 Å². The Balaban J connectivity index is 3.22. The summed E-state index contributed by atoms with van der Waals surface area (Å²) in [6.07, 6.45) is 46.1. The van der Waals surface area contributed by atoms with Gasteiger partial charge in [-0.1, -0.05) is 154 Å². The fraction of sp³-hybridized carbons (Fsp3) is 0.889. The third kappa shape index (κ3) is 35.8. The molecule has 0 aliphatic carbocycles. The van der Waals surface area contributed by atoms with Crippen LogP contribution in [0.1, 0.15) is 194 Å². The fourth-order valence-corrected chi connectivity index (χ4v) is 5.67. The molecule has 0 aromatic rings. The average molecular weight is 583 g/mol. The molecular weight excluding hydrogens is 511 g/mol. The molecule has 3 nitrogen and oxygen atoms in total. The number of unbranched alkanes of at least 4 members (excludes halogenated alkanes) is 24. The van der Waals surface area contributed by atoms with Crippen molar-refractivity contribution < 1.29 is 13.9 Å². The largest absolute Gasteiger partial charge is 0.329 e. The zero-order valence-electron chi connectivity index (χ0n) is 27.2. The molecule has 0 saturated heterocycles. The van der Waals surface area contributed by atoms with Crippen molar-refractivity contribution in [1.82, 2.24) is 0 Å². The molecule has 0 aliphatic rings. The van der Waals surface area contributed by atoms with Crippen LogP contribution in [-0.2, 0) is 9.05 Å². The minimum Gasteiger partial charge on any atom is -0.328 e. The van der Waals surface area contributed by atoms with Gasteiger partial charge < -0.3 is 13.9 Å². The third-order valence-electron chi connectivity index (χ3n) is 7.72. The first-order chi connectivity index (χ1) is 19.8. The van der Waals surface area contributed by atoms with Crippen molar-refractivity contribution in [2.75, 3.05) is 13.2 Å². The summed E-state index contributed by atoms with van der Waals surface area (Å²) in [5, 5.41) is 0. The topological polar surface area (TPSA) is 38.7 Å². The maximum atomic E-state index is 9.91. The first-order valence-electron chi connectivity index (χ1n) is 17.9. The molecule has 0 saturated carbocycles. The van der Waals surface area contributed by atoms with Crippen LogP contribution in [0.25, 0.3) is 0 Å². The van der Waals surface area contributed by atoms with Gasteiger partial charge in [0.25, 0.3) is 0 Å². The molecule has 0 aromatic heterocycles. The highest BCUT2D eigenvalue weighted by molar-refractivity contribution is 7.40. The summed E-state index contributed by atoms with van der Waals surface area (Å²) in [7, 11) is -1.68. The summed E-state index contributed by atoms with van der Waals surface area (Å²) in [4.78, 5) is 9.91. The van der Waals surface area contributed by atoms with Gasteiger partial charge in [-0.3, -0.25) is 0 Å². The standard InChI is InChI=1S/C36H71O3P/c1-3-5-7-9-11-13-15-17-19-21-23-25-27-29-31-33-35-38-40(37)39-36-34-32-30-28-26-24-22-20-18-16-14-12-10-8-6-4-2/h17-20,37H,3-16,21-36H2,1-2H3/b19-17-,20-18-. The van der Waals surface area contributed by atoms with Crippen molar-refractivity contribution in [2.24, 2.45) is 0 Å². The van der Waals surface area contributed by atoms with Crippen LogP contribution in [0.3, 0.4) is 0 Å². The average Bonchev–Trinajstić information content (AvgIpc) is 2.96. The molecule has 1 N–H and O–H groups in total. The van der Waals surface area contributed by atoms with E-state index in [2.05, 4.69) is 38.2 Å². The summed E-state index contributed by atoms with van der Waals surface area (Å²) in [6.45, 7) is 5.80. The molecule has 238 valence electrons. The van der Waals surface area contributed by atoms with E-state index in [0.29, 0.717) is 13.2 Å². The second-order valence-corrected chi connectivity index (χ2v) is 12.8. The zero-order chi connectivity index (χ0) is 29.0. The summed E-state index contributed by atoms with van der Waals surface area (Å²) in [6, 6.07) is 0. The lowest BCUT2D eigenvalue weighted by Crippen LogP contribution is -1.95. The molecule has 40 heavy (non-hydrogen) atoms. The van der Waals surface area contributed by atoms with E-state index in [0.717, 1.165) is 12.8 Å². The minimum atomic E-state index is -1.68. The predicted octanol–water partition coefficient (Wildman–Crippen LogP) is 13.3. The Morgan fingerprint density at radius 3 is 0.925 bits per heavy atom. The van der Waals surface area contributed by atoms with Crippen molar-refractivity contribution in [3.63, 3.8) is 0 Å². The lowest BCUT2D eigenvalue weighted by molar-refractivity contribution is 0.193. The van der Waals surface area contributed by atoms with Gasteiger partial charge in [0.1, 0.15) is 0 Å². The molecular formula is C36H71O3P. The van der Waals surface area contributed by atoms with Gasteiger partial charge in [-0.25, -0.2) is 0 Å². The Labute approximate surface area is 253 Å². The van der Waals surface area contributed by atoms with Gasteiger partial charge in [-0.2, -0.15) is 0 Å². The van der Waals surface area contributed by atoms with Gasteiger partial charge in [0, 0.05) is 0 Å². The molecule has 0 unspecified atom stereocenters. The second kappa shape index (κ2) is 36.8. The van der Waals surface area contributed by atoms with Gasteiger partial charge in [0.15, 0.2) is 0 Å². The highest BCUT2D eigenvalue weighted by atomic mass is 31.2. The van der Waals surface area contributed by atoms with E-state index in [-0.39, 0.29) is 0 Å². The van der Waals surface area contributed by atoms with Crippen LogP contribution in [0.4, 0.5) is 0 Å². The highest BCUT2D eigenvalue weighted by Crippen LogP contribution is 2.33. The van der Waals surface area contributed by atoms with Crippen LogP contribution in [0.5, 0.6) is 0 Å². The highest BCUT2D eigenvalue weighted by Gasteiger charge is 2.05. The lowest BCUT2D eigenvalue weighted by atomic mass is 10.1. The van der Waals surface area contributed by atoms with Gasteiger partial charge in [-0.05, 0) is 64.2 Å². The normalized spacial score (nSPS) is 12.1. The first kappa shape index (κ1) is 39.8. The van der Waals surface area contributed by atoms with E-state index >= 15 is 0 Å². The van der Waals surface area contributed by atoms with Crippen LogP contribution < -0.4 is 0 Å². The second-order valence-electron chi connectivity index (χ2n) is 11.8. The predicted molar refractivity (Wildman–Crippen MR) is 180 cm³/mol. The quantitative estimate of drug-likeness (QED) is 0.0466. The van der Waals surface area contributed by atoms with Gasteiger partial charge >= 0.3 is 8.60 Å². The van der Waals surface area contributed by atoms with Crippen LogP contribution in [0.2, 0.25) is 0 Å². The third-order valence-corrected chi connectivity index (χ3v) is 8.52. The monoisotopic (exact) mass is 583 g/mol. The van der Waals surface area contributed by atoms with Crippen LogP contribution in [0.15, 0.2) is 24.3 Å². The molecule has 0 rings (SSSR count). The Morgan fingerprint density at radius 2 is 0.625 bits per heavy atom. The van der Waals surface area contributed by atoms with Crippen LogP contribution in [0, 0.1) is 0 Å². The van der Waals surface area contributed by atoms with Crippen LogP contribution >= 0.6 is 8.60 Å². The molecule has 0 atom stereocenters. The van der Waals surface area contributed by atoms with Crippen molar-refractivity contribution in [1.29, 1.82) is 0 Å². The summed E-state index contributed by atoms with van der Waals surface area (Å²) in [5.41, 5.74) is 0. The SMILES string of the molecule is CCCCCCCC/C=C\CCCCCCCCOP(O)OCCCCCCCC/C=C\CCCCCCCC. The summed E-state index contributed by atoms with van der Waals surface area (Å²) in [5.74, 6) is 0. The maximum absolute atomic E-state index is 9.91. The Bertz CT molecular complexity index is 464. The number of hydrogen-bond acceptors (Lipinski definition) is 3. The number of allylic oxidation sites excluding steroid dienone is 4. The van der Waals surface area contributed by atoms with E-state index in [1.807, 2.05) is 0 Å². The molecule has 4 heteroatoms. The molecule has 0 heterocycles. The van der Waals surface area contributed by atoms with Crippen molar-refractivity contribution in [3.8, 4) is 0 Å². The Morgan fingerprint density at radius 1 is 0.375 bits per heavy atom. The molecule has 0 spiro atoms. The van der Waals surface area contributed by atoms with Gasteiger partial charge in [0.05, 0.1) is 13.2 Å². The zero-order valence-corrected chi connectivity index (χ0v) is 28.1. The van der Waals surface area contributed by atoms with Crippen molar-refractivity contribution >= 4 is 8.60 Å². The maximum Gasteiger partial charge on any atom is 0.329 e. The lowest BCUT2D eigenvalue weighted by Gasteiger charge is -2.10. The molecule has 0 aromatic carbocycles. The van der Waals surface area contributed by atoms with Crippen LogP contribution in [-0.4, -0.2) is 18.1 Å². The van der Waals surface area contributed by atoms with E-state index in [9.17, 15) is 4.89 Å². The molecule has 0 bridgehead atoms. The van der Waals surface area contributed by atoms with Crippen molar-refractivity contribution in [3.05, 3.63) is 24.3 Å². The molecule has 0 fully saturated rings. The molecule has 0 aliphatic heterocycles. The Kier molecular flexibility index (Phi) is 36.6. The molecule has 0 radical (unpaired) electrons. The number of rotatable bonds is 34. The first-order valence-corrected chi connectivity index (χ1v) is 19.0. The van der Waals surface area contributed by atoms with Gasteiger partial charge in [-0.15, -0.1) is 0 Å². The summed E-state index contributed by atoms with van der Waals surface area (Å²) >= 11 is 0. The van der Waals surface area contributed by atoms with E-state index in [4.69, 9.17) is 9.05 Å². The summed E-state index contributed by atoms with van der Waals surface area (Å²) < 4.78 is 10.9. The van der Waals surface area contributed by atoms with E-state index < -0.39 is 8.60 Å². The fourth-order valence-electron chi connectivity index (χ4n) is 5.02. The minimum absolute atomic E-state index is 0.622. The smallest absolute Gasteiger partial charge is 0.328 e. The molecule has 0 amide bonds. The van der Waals surface area contributed by atoms with E-state index in [1.54, 1.807) is 0 Å². The number of hydrogen-bond donors (Lipinski definition) is 1. The Hall–Kier alpha value is -0.210. The van der Waals surface area contributed by atoms with Gasteiger partial charge in [0.2, 0.25) is 0 Å². The van der Waals surface area contributed by atoms with Crippen molar-refractivity contribution in [2.45, 2.75) is 194 Å².